The van der Waals surface area contributed by atoms with E-state index in [0.717, 1.165) is 11.1 Å². The number of benzene rings is 5. The van der Waals surface area contributed by atoms with Gasteiger partial charge in [-0.3, -0.25) is 4.79 Å². The zero-order valence-corrected chi connectivity index (χ0v) is 28.9. The van der Waals surface area contributed by atoms with Gasteiger partial charge in [0.1, 0.15) is 11.5 Å². The number of azide groups is 1. The summed E-state index contributed by atoms with van der Waals surface area (Å²) in [5.41, 5.74) is 12.7. The van der Waals surface area contributed by atoms with Gasteiger partial charge < -0.3 is 24.6 Å². The molecule has 13 heteroatoms. The van der Waals surface area contributed by atoms with Crippen molar-refractivity contribution in [1.29, 1.82) is 0 Å². The van der Waals surface area contributed by atoms with Crippen molar-refractivity contribution in [3.05, 3.63) is 166 Å². The molecule has 0 radical (unpaired) electrons. The number of hydrogen-bond acceptors (Lipinski definition) is 7. The summed E-state index contributed by atoms with van der Waals surface area (Å²) in [5, 5.41) is 15.9. The van der Waals surface area contributed by atoms with E-state index in [9.17, 15) is 18.0 Å². The standard InChI is InChI=1S/C41H36F3N5O5/c42-41(43,44)54-36-19-11-28(12-20-36)26-46-39(51)40(25-33-9-4-5-10-34(33)27-47-49-45)37(31-15-13-30(14-16-31)29-7-2-1-3-8-29)53-38(48-40)32-17-21-35(22-18-32)52-24-6-23-50/h1-5,7-22,37,50H,6,23-27H2,(H,46,51)/t37-,40-/m1/s1. The predicted octanol–water partition coefficient (Wildman–Crippen LogP) is 8.64. The average Bonchev–Trinajstić information content (AvgIpc) is 3.57. The Labute approximate surface area is 309 Å². The molecule has 0 fully saturated rings. The molecule has 0 aliphatic carbocycles. The zero-order chi connectivity index (χ0) is 38.0. The number of rotatable bonds is 15. The molecule has 0 unspecified atom stereocenters. The highest BCUT2D eigenvalue weighted by Crippen LogP contribution is 2.43. The van der Waals surface area contributed by atoms with E-state index in [1.54, 1.807) is 24.3 Å². The molecule has 2 atom stereocenters. The van der Waals surface area contributed by atoms with Crippen molar-refractivity contribution in [1.82, 2.24) is 5.32 Å². The van der Waals surface area contributed by atoms with Crippen LogP contribution < -0.4 is 14.8 Å². The van der Waals surface area contributed by atoms with Crippen LogP contribution in [0.4, 0.5) is 13.2 Å². The number of carbonyl (C=O) groups excluding carboxylic acids is 1. The minimum Gasteiger partial charge on any atom is -0.494 e. The van der Waals surface area contributed by atoms with Gasteiger partial charge in [-0.05, 0) is 75.3 Å². The first kappa shape index (κ1) is 37.5. The first-order chi connectivity index (χ1) is 26.2. The molecule has 0 saturated heterocycles. The van der Waals surface area contributed by atoms with Crippen molar-refractivity contribution in [2.24, 2.45) is 10.1 Å². The summed E-state index contributed by atoms with van der Waals surface area (Å²) < 4.78 is 54.7. The molecular weight excluding hydrogens is 699 g/mol. The Morgan fingerprint density at radius 3 is 2.15 bits per heavy atom. The molecule has 10 nitrogen and oxygen atoms in total. The van der Waals surface area contributed by atoms with Crippen LogP contribution in [0.2, 0.25) is 0 Å². The van der Waals surface area contributed by atoms with Gasteiger partial charge in [-0.1, -0.05) is 96.1 Å². The lowest BCUT2D eigenvalue weighted by Crippen LogP contribution is -2.49. The third-order valence-corrected chi connectivity index (χ3v) is 8.84. The Kier molecular flexibility index (Phi) is 11.8. The van der Waals surface area contributed by atoms with E-state index in [1.807, 2.05) is 78.9 Å². The van der Waals surface area contributed by atoms with Crippen LogP contribution in [0.25, 0.3) is 21.6 Å². The lowest BCUT2D eigenvalue weighted by Gasteiger charge is -2.31. The fourth-order valence-electron chi connectivity index (χ4n) is 6.19. The summed E-state index contributed by atoms with van der Waals surface area (Å²) in [7, 11) is 0. The van der Waals surface area contributed by atoms with Crippen molar-refractivity contribution in [3.8, 4) is 22.6 Å². The van der Waals surface area contributed by atoms with Crippen LogP contribution in [0, 0.1) is 0 Å². The monoisotopic (exact) mass is 735 g/mol. The second-order valence-corrected chi connectivity index (χ2v) is 12.5. The van der Waals surface area contributed by atoms with E-state index in [0.29, 0.717) is 46.6 Å². The normalized spacial score (nSPS) is 16.4. The van der Waals surface area contributed by atoms with Crippen LogP contribution in [-0.2, 0) is 29.0 Å². The fourth-order valence-corrected chi connectivity index (χ4v) is 6.19. The van der Waals surface area contributed by atoms with Crippen LogP contribution in [0.1, 0.15) is 40.3 Å². The molecule has 0 saturated carbocycles. The van der Waals surface area contributed by atoms with E-state index in [4.69, 9.17) is 25.1 Å². The smallest absolute Gasteiger partial charge is 0.494 e. The lowest BCUT2D eigenvalue weighted by atomic mass is 9.80. The Morgan fingerprint density at radius 2 is 1.48 bits per heavy atom. The number of hydrogen-bond donors (Lipinski definition) is 2. The molecule has 5 aromatic carbocycles. The fraction of sp³-hybridized carbons (Fsp3) is 0.220. The van der Waals surface area contributed by atoms with Crippen molar-refractivity contribution in [3.63, 3.8) is 0 Å². The maximum Gasteiger partial charge on any atom is 0.573 e. The number of nitrogens with zero attached hydrogens (tertiary/aromatic N) is 4. The second kappa shape index (κ2) is 17.0. The zero-order valence-electron chi connectivity index (χ0n) is 28.9. The van der Waals surface area contributed by atoms with Gasteiger partial charge in [-0.2, -0.15) is 0 Å². The maximum atomic E-state index is 14.8. The number of alkyl halides is 3. The van der Waals surface area contributed by atoms with Gasteiger partial charge in [-0.25, -0.2) is 4.99 Å². The number of amides is 1. The van der Waals surface area contributed by atoms with Crippen molar-refractivity contribution >= 4 is 11.8 Å². The van der Waals surface area contributed by atoms with E-state index in [2.05, 4.69) is 20.1 Å². The van der Waals surface area contributed by atoms with Gasteiger partial charge in [0, 0.05) is 36.5 Å². The first-order valence-corrected chi connectivity index (χ1v) is 17.1. The molecule has 0 bridgehead atoms. The van der Waals surface area contributed by atoms with Gasteiger partial charge in [0.05, 0.1) is 13.2 Å². The van der Waals surface area contributed by atoms with Crippen LogP contribution in [-0.4, -0.2) is 42.0 Å². The molecule has 1 aliphatic heterocycles. The maximum absolute atomic E-state index is 14.8. The average molecular weight is 736 g/mol. The van der Waals surface area contributed by atoms with Crippen LogP contribution in [0.5, 0.6) is 11.5 Å². The van der Waals surface area contributed by atoms with Crippen LogP contribution in [0.3, 0.4) is 0 Å². The van der Waals surface area contributed by atoms with E-state index in [-0.39, 0.29) is 37.8 Å². The first-order valence-electron chi connectivity index (χ1n) is 17.1. The Morgan fingerprint density at radius 1 is 0.852 bits per heavy atom. The molecule has 54 heavy (non-hydrogen) atoms. The summed E-state index contributed by atoms with van der Waals surface area (Å²) in [5.74, 6) is -0.0763. The van der Waals surface area contributed by atoms with E-state index >= 15 is 0 Å². The molecule has 5 aromatic rings. The summed E-state index contributed by atoms with van der Waals surface area (Å²) in [6.07, 6.45) is -5.25. The largest absolute Gasteiger partial charge is 0.573 e. The van der Waals surface area contributed by atoms with Crippen LogP contribution in [0.15, 0.2) is 138 Å². The van der Waals surface area contributed by atoms with Crippen molar-refractivity contribution in [2.45, 2.75) is 43.9 Å². The summed E-state index contributed by atoms with van der Waals surface area (Å²) in [6, 6.07) is 37.1. The van der Waals surface area contributed by atoms with Gasteiger partial charge >= 0.3 is 6.36 Å². The molecule has 1 heterocycles. The van der Waals surface area contributed by atoms with Crippen LogP contribution >= 0.6 is 0 Å². The Hall–Kier alpha value is -6.30. The van der Waals surface area contributed by atoms with Crippen molar-refractivity contribution < 1.29 is 37.3 Å². The van der Waals surface area contributed by atoms with Gasteiger partial charge in [0.25, 0.3) is 5.91 Å². The summed E-state index contributed by atoms with van der Waals surface area (Å²) in [4.78, 5) is 22.8. The highest BCUT2D eigenvalue weighted by Gasteiger charge is 2.53. The minimum absolute atomic E-state index is 0.00433. The Balaban J connectivity index is 1.41. The molecule has 1 aliphatic rings. The Bertz CT molecular complexity index is 2110. The molecule has 276 valence electrons. The predicted molar refractivity (Wildman–Crippen MR) is 197 cm³/mol. The quantitative estimate of drug-likeness (QED) is 0.0480. The van der Waals surface area contributed by atoms with Crippen molar-refractivity contribution in [2.75, 3.05) is 13.2 Å². The van der Waals surface area contributed by atoms with E-state index < -0.39 is 23.9 Å². The van der Waals surface area contributed by atoms with Gasteiger partial charge in [0.2, 0.25) is 5.90 Å². The third kappa shape index (κ3) is 9.19. The molecule has 2 N–H and O–H groups in total. The summed E-state index contributed by atoms with van der Waals surface area (Å²) >= 11 is 0. The minimum atomic E-state index is -4.84. The molecule has 6 rings (SSSR count). The number of aliphatic hydroxyl groups is 1. The number of aliphatic hydroxyl groups excluding tert-OH is 1. The molecular formula is C41H36F3N5O5. The van der Waals surface area contributed by atoms with Gasteiger partial charge in [0.15, 0.2) is 11.6 Å². The lowest BCUT2D eigenvalue weighted by molar-refractivity contribution is -0.274. The summed E-state index contributed by atoms with van der Waals surface area (Å²) in [6.45, 7) is 0.356. The second-order valence-electron chi connectivity index (χ2n) is 12.5. The highest BCUT2D eigenvalue weighted by atomic mass is 19.4. The van der Waals surface area contributed by atoms with Gasteiger partial charge in [-0.15, -0.1) is 13.2 Å². The topological polar surface area (TPSA) is 138 Å². The molecule has 0 aromatic heterocycles. The number of halogens is 3. The number of ether oxygens (including phenoxy) is 3. The molecule has 0 spiro atoms. The number of nitrogens with one attached hydrogen (secondary N) is 1. The number of carbonyl (C=O) groups is 1. The highest BCUT2D eigenvalue weighted by molar-refractivity contribution is 6.01. The number of aliphatic imine (C=N–C) groups is 1. The van der Waals surface area contributed by atoms with E-state index in [1.165, 1.54) is 24.3 Å². The molecule has 1 amide bonds. The SMILES string of the molecule is [N-]=[N+]=NCc1ccccc1C[C@@]1(C(=O)NCc2ccc(OC(F)(F)F)cc2)N=C(c2ccc(OCCCO)cc2)O[C@@H]1c1ccc(-c2ccccc2)cc1. The third-order valence-electron chi connectivity index (χ3n) is 8.84.